The number of amides is 2. The number of aromatic nitrogens is 1. The zero-order valence-corrected chi connectivity index (χ0v) is 15.5. The van der Waals surface area contributed by atoms with Gasteiger partial charge in [0.2, 0.25) is 0 Å². The zero-order chi connectivity index (χ0) is 19.9. The van der Waals surface area contributed by atoms with Crippen LogP contribution in [0, 0.1) is 0 Å². The molecule has 0 bridgehead atoms. The van der Waals surface area contributed by atoms with E-state index in [1.54, 1.807) is 0 Å². The van der Waals surface area contributed by atoms with E-state index in [1.165, 1.54) is 12.3 Å². The highest BCUT2D eigenvalue weighted by Crippen LogP contribution is 2.33. The number of halogens is 3. The standard InChI is InChI=1S/C17H26F3N5O2/c1-16(2,25-8-10-27-11-9-25)12-24-15(26)23-7-6-22-14-13(17(18,19)20)4-3-5-21-14/h3-5H,6-12H2,1-2H3,(H,21,22)(H2,23,24,26). The number of urea groups is 1. The van der Waals surface area contributed by atoms with Crippen LogP contribution in [0.5, 0.6) is 0 Å². The molecule has 0 spiro atoms. The molecule has 0 radical (unpaired) electrons. The number of carbonyl (C=O) groups is 1. The van der Waals surface area contributed by atoms with E-state index >= 15 is 0 Å². The van der Waals surface area contributed by atoms with E-state index in [-0.39, 0.29) is 30.5 Å². The van der Waals surface area contributed by atoms with Gasteiger partial charge in [-0.05, 0) is 26.0 Å². The van der Waals surface area contributed by atoms with Crippen LogP contribution in [0.25, 0.3) is 0 Å². The van der Waals surface area contributed by atoms with Gasteiger partial charge in [-0.1, -0.05) is 0 Å². The van der Waals surface area contributed by atoms with Crippen LogP contribution in [0.3, 0.4) is 0 Å². The number of pyridine rings is 1. The molecule has 1 aromatic rings. The Kier molecular flexibility index (Phi) is 7.25. The van der Waals surface area contributed by atoms with Gasteiger partial charge in [0.05, 0.1) is 18.8 Å². The molecular formula is C17H26F3N5O2. The summed E-state index contributed by atoms with van der Waals surface area (Å²) in [6.45, 7) is 7.80. The Balaban J connectivity index is 1.71. The zero-order valence-electron chi connectivity index (χ0n) is 15.5. The van der Waals surface area contributed by atoms with Crippen molar-refractivity contribution in [2.75, 3.05) is 51.3 Å². The van der Waals surface area contributed by atoms with Crippen LogP contribution < -0.4 is 16.0 Å². The van der Waals surface area contributed by atoms with Crippen LogP contribution in [0.4, 0.5) is 23.8 Å². The molecule has 3 N–H and O–H groups in total. The molecule has 0 unspecified atom stereocenters. The average Bonchev–Trinajstić information content (AvgIpc) is 2.64. The number of hydrogen-bond acceptors (Lipinski definition) is 5. The van der Waals surface area contributed by atoms with Crippen molar-refractivity contribution < 1.29 is 22.7 Å². The molecule has 1 aliphatic heterocycles. The fourth-order valence-electron chi connectivity index (χ4n) is 2.77. The second-order valence-corrected chi connectivity index (χ2v) is 6.85. The van der Waals surface area contributed by atoms with Crippen molar-refractivity contribution in [2.24, 2.45) is 0 Å². The van der Waals surface area contributed by atoms with Crippen LogP contribution in [0.2, 0.25) is 0 Å². The van der Waals surface area contributed by atoms with Crippen LogP contribution in [-0.4, -0.2) is 67.4 Å². The third-order valence-electron chi connectivity index (χ3n) is 4.36. The minimum atomic E-state index is -4.48. The van der Waals surface area contributed by atoms with E-state index in [0.717, 1.165) is 19.2 Å². The van der Waals surface area contributed by atoms with E-state index in [1.807, 2.05) is 13.8 Å². The van der Waals surface area contributed by atoms with E-state index in [4.69, 9.17) is 4.74 Å². The number of alkyl halides is 3. The van der Waals surface area contributed by atoms with E-state index < -0.39 is 11.7 Å². The summed E-state index contributed by atoms with van der Waals surface area (Å²) in [5.41, 5.74) is -1.05. The smallest absolute Gasteiger partial charge is 0.379 e. The van der Waals surface area contributed by atoms with Crippen LogP contribution in [0.15, 0.2) is 18.3 Å². The van der Waals surface area contributed by atoms with Crippen molar-refractivity contribution in [1.82, 2.24) is 20.5 Å². The fourth-order valence-corrected chi connectivity index (χ4v) is 2.77. The Morgan fingerprint density at radius 3 is 2.59 bits per heavy atom. The predicted molar refractivity (Wildman–Crippen MR) is 95.6 cm³/mol. The molecule has 1 saturated heterocycles. The van der Waals surface area contributed by atoms with E-state index in [0.29, 0.717) is 19.8 Å². The maximum Gasteiger partial charge on any atom is 0.419 e. The van der Waals surface area contributed by atoms with Crippen molar-refractivity contribution >= 4 is 11.8 Å². The molecule has 1 aromatic heterocycles. The van der Waals surface area contributed by atoms with E-state index in [9.17, 15) is 18.0 Å². The van der Waals surface area contributed by atoms with Crippen molar-refractivity contribution in [1.29, 1.82) is 0 Å². The van der Waals surface area contributed by atoms with Gasteiger partial charge in [-0.2, -0.15) is 13.2 Å². The first-order chi connectivity index (χ1) is 12.7. The summed E-state index contributed by atoms with van der Waals surface area (Å²) in [5, 5.41) is 8.02. The van der Waals surface area contributed by atoms with Crippen molar-refractivity contribution in [2.45, 2.75) is 25.6 Å². The minimum absolute atomic E-state index is 0.125. The van der Waals surface area contributed by atoms with Gasteiger partial charge in [0, 0.05) is 44.5 Å². The number of carbonyl (C=O) groups excluding carboxylic acids is 1. The highest BCUT2D eigenvalue weighted by Gasteiger charge is 2.34. The molecule has 2 amide bonds. The number of rotatable bonds is 7. The van der Waals surface area contributed by atoms with Gasteiger partial charge >= 0.3 is 12.2 Å². The van der Waals surface area contributed by atoms with Crippen LogP contribution in [-0.2, 0) is 10.9 Å². The van der Waals surface area contributed by atoms with Crippen molar-refractivity contribution in [3.8, 4) is 0 Å². The quantitative estimate of drug-likeness (QED) is 0.621. The summed E-state index contributed by atoms with van der Waals surface area (Å²) >= 11 is 0. The number of hydrogen-bond donors (Lipinski definition) is 3. The van der Waals surface area contributed by atoms with Gasteiger partial charge in [0.1, 0.15) is 5.82 Å². The van der Waals surface area contributed by atoms with Gasteiger partial charge in [-0.3, -0.25) is 4.90 Å². The summed E-state index contributed by atoms with van der Waals surface area (Å²) in [6, 6.07) is 1.83. The van der Waals surface area contributed by atoms with Crippen molar-refractivity contribution in [3.63, 3.8) is 0 Å². The fraction of sp³-hybridized carbons (Fsp3) is 0.647. The molecule has 0 aliphatic carbocycles. The third-order valence-corrected chi connectivity index (χ3v) is 4.36. The summed E-state index contributed by atoms with van der Waals surface area (Å²) in [5.74, 6) is -0.249. The second-order valence-electron chi connectivity index (χ2n) is 6.85. The Bertz CT molecular complexity index is 619. The Morgan fingerprint density at radius 1 is 1.22 bits per heavy atom. The molecule has 2 heterocycles. The lowest BCUT2D eigenvalue weighted by Crippen LogP contribution is -2.56. The summed E-state index contributed by atoms with van der Waals surface area (Å²) < 4.78 is 44.0. The van der Waals surface area contributed by atoms with Crippen molar-refractivity contribution in [3.05, 3.63) is 23.9 Å². The topological polar surface area (TPSA) is 78.5 Å². The Hall–Kier alpha value is -2.07. The monoisotopic (exact) mass is 389 g/mol. The van der Waals surface area contributed by atoms with Crippen LogP contribution in [0.1, 0.15) is 19.4 Å². The molecule has 7 nitrogen and oxygen atoms in total. The number of morpholine rings is 1. The SMILES string of the molecule is CC(C)(CNC(=O)NCCNc1ncccc1C(F)(F)F)N1CCOCC1. The molecular weight excluding hydrogens is 363 g/mol. The number of nitrogens with zero attached hydrogens (tertiary/aromatic N) is 2. The molecule has 2 rings (SSSR count). The summed E-state index contributed by atoms with van der Waals surface area (Å²) in [6.07, 6.45) is -3.20. The van der Waals surface area contributed by atoms with Crippen LogP contribution >= 0.6 is 0 Å². The number of anilines is 1. The normalized spacial score (nSPS) is 16.0. The molecule has 0 saturated carbocycles. The first-order valence-corrected chi connectivity index (χ1v) is 8.81. The maximum absolute atomic E-state index is 12.9. The summed E-state index contributed by atoms with van der Waals surface area (Å²) in [7, 11) is 0. The Labute approximate surface area is 156 Å². The average molecular weight is 389 g/mol. The molecule has 0 atom stereocenters. The van der Waals surface area contributed by atoms with Gasteiger partial charge in [0.15, 0.2) is 0 Å². The minimum Gasteiger partial charge on any atom is -0.379 e. The number of ether oxygens (including phenoxy) is 1. The number of nitrogens with one attached hydrogen (secondary N) is 3. The molecule has 27 heavy (non-hydrogen) atoms. The first kappa shape index (κ1) is 21.2. The lowest BCUT2D eigenvalue weighted by molar-refractivity contribution is -0.137. The molecule has 1 aliphatic rings. The highest BCUT2D eigenvalue weighted by molar-refractivity contribution is 5.73. The largest absolute Gasteiger partial charge is 0.419 e. The first-order valence-electron chi connectivity index (χ1n) is 8.81. The lowest BCUT2D eigenvalue weighted by Gasteiger charge is -2.40. The molecule has 10 heteroatoms. The second kappa shape index (κ2) is 9.23. The molecule has 1 fully saturated rings. The molecule has 0 aromatic carbocycles. The van der Waals surface area contributed by atoms with Gasteiger partial charge in [-0.15, -0.1) is 0 Å². The summed E-state index contributed by atoms with van der Waals surface area (Å²) in [4.78, 5) is 17.9. The van der Waals surface area contributed by atoms with Gasteiger partial charge < -0.3 is 20.7 Å². The lowest BCUT2D eigenvalue weighted by atomic mass is 10.0. The van der Waals surface area contributed by atoms with Gasteiger partial charge in [-0.25, -0.2) is 9.78 Å². The Morgan fingerprint density at radius 2 is 1.93 bits per heavy atom. The highest BCUT2D eigenvalue weighted by atomic mass is 19.4. The van der Waals surface area contributed by atoms with Gasteiger partial charge in [0.25, 0.3) is 0 Å². The predicted octanol–water partition coefficient (Wildman–Crippen LogP) is 1.92. The maximum atomic E-state index is 12.9. The molecule has 152 valence electrons. The third kappa shape index (κ3) is 6.55. The van der Waals surface area contributed by atoms with E-state index in [2.05, 4.69) is 25.8 Å².